The zero-order valence-electron chi connectivity index (χ0n) is 18.5. The van der Waals surface area contributed by atoms with Crippen LogP contribution in [0.3, 0.4) is 0 Å². The molecule has 0 bridgehead atoms. The molecule has 0 amide bonds. The van der Waals surface area contributed by atoms with Crippen LogP contribution in [-0.4, -0.2) is 34.0 Å². The maximum Gasteiger partial charge on any atom is 0.296 e. The number of oxime groups is 1. The van der Waals surface area contributed by atoms with E-state index >= 15 is 0 Å². The first-order chi connectivity index (χ1) is 14.9. The zero-order valence-corrected chi connectivity index (χ0v) is 19.3. The molecule has 6 nitrogen and oxygen atoms in total. The van der Waals surface area contributed by atoms with E-state index in [-0.39, 0.29) is 17.4 Å². The second-order valence-electron chi connectivity index (χ2n) is 7.89. The van der Waals surface area contributed by atoms with Crippen molar-refractivity contribution in [3.8, 4) is 5.75 Å². The fraction of sp³-hybridized carbons (Fsp3) is 0.458. The minimum Gasteiger partial charge on any atom is -0.494 e. The quantitative estimate of drug-likeness (QED) is 0.364. The Balaban J connectivity index is 1.41. The maximum absolute atomic E-state index is 12.2. The molecule has 0 radical (unpaired) electrons. The highest BCUT2D eigenvalue weighted by molar-refractivity contribution is 7.86. The average molecular weight is 446 g/mol. The van der Waals surface area contributed by atoms with Gasteiger partial charge in [0.1, 0.15) is 12.4 Å². The molecule has 1 aliphatic carbocycles. The fourth-order valence-electron chi connectivity index (χ4n) is 3.43. The van der Waals surface area contributed by atoms with Gasteiger partial charge >= 0.3 is 0 Å². The van der Waals surface area contributed by atoms with Crippen LogP contribution in [0.15, 0.2) is 52.5 Å². The summed E-state index contributed by atoms with van der Waals surface area (Å²) in [7, 11) is -3.70. The molecule has 0 N–H and O–H groups in total. The van der Waals surface area contributed by atoms with Crippen molar-refractivity contribution in [2.45, 2.75) is 51.3 Å². The van der Waals surface area contributed by atoms with E-state index in [4.69, 9.17) is 13.8 Å². The smallest absolute Gasteiger partial charge is 0.296 e. The fourth-order valence-corrected chi connectivity index (χ4v) is 4.35. The lowest BCUT2D eigenvalue weighted by atomic mass is 10.1. The van der Waals surface area contributed by atoms with Crippen molar-refractivity contribution in [1.82, 2.24) is 0 Å². The van der Waals surface area contributed by atoms with E-state index in [2.05, 4.69) is 18.1 Å². The van der Waals surface area contributed by atoms with Crippen LogP contribution in [0.25, 0.3) is 0 Å². The van der Waals surface area contributed by atoms with Crippen molar-refractivity contribution in [3.05, 3.63) is 59.2 Å². The van der Waals surface area contributed by atoms with E-state index in [1.165, 1.54) is 5.56 Å². The molecule has 0 fully saturated rings. The second kappa shape index (κ2) is 10.8. The van der Waals surface area contributed by atoms with Crippen LogP contribution in [0.4, 0.5) is 0 Å². The van der Waals surface area contributed by atoms with Gasteiger partial charge in [0, 0.05) is 5.56 Å². The summed E-state index contributed by atoms with van der Waals surface area (Å²) in [5.41, 5.74) is 4.38. The molecule has 1 aliphatic rings. The Morgan fingerprint density at radius 2 is 1.77 bits per heavy atom. The normalized spacial score (nSPS) is 15.6. The minimum atomic E-state index is -3.70. The minimum absolute atomic E-state index is 0.165. The molecular weight excluding hydrogens is 414 g/mol. The Bertz CT molecular complexity index is 999. The lowest BCUT2D eigenvalue weighted by Crippen LogP contribution is -2.11. The van der Waals surface area contributed by atoms with E-state index in [0.717, 1.165) is 41.9 Å². The second-order valence-corrected chi connectivity index (χ2v) is 9.51. The van der Waals surface area contributed by atoms with Gasteiger partial charge in [-0.2, -0.15) is 8.42 Å². The first-order valence-corrected chi connectivity index (χ1v) is 12.2. The predicted octanol–water partition coefficient (Wildman–Crippen LogP) is 4.88. The van der Waals surface area contributed by atoms with Crippen LogP contribution in [0.5, 0.6) is 5.75 Å². The van der Waals surface area contributed by atoms with Crippen molar-refractivity contribution in [1.29, 1.82) is 0 Å². The molecule has 0 spiro atoms. The lowest BCUT2D eigenvalue weighted by Gasteiger charge is -2.13. The van der Waals surface area contributed by atoms with Gasteiger partial charge in [0.2, 0.25) is 0 Å². The van der Waals surface area contributed by atoms with E-state index in [1.54, 1.807) is 24.3 Å². The summed E-state index contributed by atoms with van der Waals surface area (Å²) >= 11 is 0. The van der Waals surface area contributed by atoms with Crippen LogP contribution in [0.1, 0.15) is 49.8 Å². The van der Waals surface area contributed by atoms with E-state index in [9.17, 15) is 8.42 Å². The van der Waals surface area contributed by atoms with Crippen LogP contribution in [-0.2, 0) is 25.6 Å². The largest absolute Gasteiger partial charge is 0.494 e. The van der Waals surface area contributed by atoms with Gasteiger partial charge < -0.3 is 9.57 Å². The van der Waals surface area contributed by atoms with Gasteiger partial charge in [0.05, 0.1) is 23.8 Å². The summed E-state index contributed by atoms with van der Waals surface area (Å²) < 4.78 is 35.6. The summed E-state index contributed by atoms with van der Waals surface area (Å²) in [5, 5.41) is 4.19. The highest BCUT2D eigenvalue weighted by Crippen LogP contribution is 2.27. The topological polar surface area (TPSA) is 74.2 Å². The molecule has 1 atom stereocenters. The summed E-state index contributed by atoms with van der Waals surface area (Å²) in [5.74, 6) is 1.13. The van der Waals surface area contributed by atoms with E-state index < -0.39 is 10.1 Å². The van der Waals surface area contributed by atoms with Gasteiger partial charge in [-0.3, -0.25) is 4.18 Å². The van der Waals surface area contributed by atoms with Gasteiger partial charge in [-0.25, -0.2) is 0 Å². The Morgan fingerprint density at radius 1 is 1.03 bits per heavy atom. The number of hydrogen-bond acceptors (Lipinski definition) is 6. The average Bonchev–Trinajstić information content (AvgIpc) is 3.14. The number of nitrogens with zero attached hydrogens (tertiary/aromatic N) is 1. The van der Waals surface area contributed by atoms with Crippen molar-refractivity contribution in [3.63, 3.8) is 0 Å². The predicted molar refractivity (Wildman–Crippen MR) is 121 cm³/mol. The molecule has 0 heterocycles. The molecule has 7 heteroatoms. The number of aryl methyl sites for hydroxylation is 2. The Morgan fingerprint density at radius 3 is 2.52 bits per heavy atom. The standard InChI is InChI=1S/C24H31NO5S/c1-4-29-25-24-12-7-20-17-21(8-11-23(20)24)28-15-13-19(3)14-16-30-31(26,27)22-9-5-18(2)6-10-22/h5-6,8-11,17,19H,4,7,12-16H2,1-3H3/b25-24+. The number of fused-ring (bicyclic) bond motifs is 1. The Kier molecular flexibility index (Phi) is 8.09. The number of rotatable bonds is 11. The molecule has 0 aliphatic heterocycles. The van der Waals surface area contributed by atoms with Gasteiger partial charge in [-0.15, -0.1) is 0 Å². The molecule has 31 heavy (non-hydrogen) atoms. The van der Waals surface area contributed by atoms with Gasteiger partial charge in [0.25, 0.3) is 10.1 Å². The number of benzene rings is 2. The van der Waals surface area contributed by atoms with Crippen molar-refractivity contribution in [2.24, 2.45) is 11.1 Å². The van der Waals surface area contributed by atoms with E-state index in [0.29, 0.717) is 19.6 Å². The SMILES string of the molecule is CCO/N=C1\CCc2cc(OCCC(C)CCOS(=O)(=O)c3ccc(C)cc3)ccc21. The molecule has 0 saturated heterocycles. The Labute approximate surface area is 185 Å². The van der Waals surface area contributed by atoms with E-state index in [1.807, 2.05) is 26.0 Å². The molecule has 2 aromatic rings. The molecule has 168 valence electrons. The first kappa shape index (κ1) is 23.3. The van der Waals surface area contributed by atoms with Gasteiger partial charge in [-0.05, 0) is 81.3 Å². The molecule has 1 unspecified atom stereocenters. The van der Waals surface area contributed by atoms with Crippen molar-refractivity contribution < 1.29 is 22.2 Å². The van der Waals surface area contributed by atoms with Gasteiger partial charge in [0.15, 0.2) is 0 Å². The highest BCUT2D eigenvalue weighted by Gasteiger charge is 2.19. The monoisotopic (exact) mass is 445 g/mol. The third-order valence-electron chi connectivity index (χ3n) is 5.36. The zero-order chi connectivity index (χ0) is 22.3. The summed E-state index contributed by atoms with van der Waals surface area (Å²) in [6.07, 6.45) is 3.31. The van der Waals surface area contributed by atoms with Crippen molar-refractivity contribution in [2.75, 3.05) is 19.8 Å². The summed E-state index contributed by atoms with van der Waals surface area (Å²) in [6.45, 7) is 7.22. The third kappa shape index (κ3) is 6.55. The number of hydrogen-bond donors (Lipinski definition) is 0. The molecule has 2 aromatic carbocycles. The molecule has 3 rings (SSSR count). The highest BCUT2D eigenvalue weighted by atomic mass is 32.2. The van der Waals surface area contributed by atoms with Crippen molar-refractivity contribution >= 4 is 15.8 Å². The molecule has 0 aromatic heterocycles. The Hall–Kier alpha value is -2.38. The van der Waals surface area contributed by atoms with Crippen LogP contribution in [0.2, 0.25) is 0 Å². The van der Waals surface area contributed by atoms with Crippen LogP contribution in [0, 0.1) is 12.8 Å². The lowest BCUT2D eigenvalue weighted by molar-refractivity contribution is 0.158. The first-order valence-electron chi connectivity index (χ1n) is 10.8. The maximum atomic E-state index is 12.2. The van der Waals surface area contributed by atoms with Crippen LogP contribution >= 0.6 is 0 Å². The molecule has 0 saturated carbocycles. The number of ether oxygens (including phenoxy) is 1. The third-order valence-corrected chi connectivity index (χ3v) is 6.69. The summed E-state index contributed by atoms with van der Waals surface area (Å²) in [4.78, 5) is 5.38. The van der Waals surface area contributed by atoms with Gasteiger partial charge in [-0.1, -0.05) is 29.8 Å². The summed E-state index contributed by atoms with van der Waals surface area (Å²) in [6, 6.07) is 12.8. The van der Waals surface area contributed by atoms with Crippen LogP contribution < -0.4 is 4.74 Å². The molecular formula is C24H31NO5S.